The van der Waals surface area contributed by atoms with E-state index in [0.717, 1.165) is 0 Å². The van der Waals surface area contributed by atoms with Gasteiger partial charge in [-0.2, -0.15) is 0 Å². The van der Waals surface area contributed by atoms with Gasteiger partial charge in [0.1, 0.15) is 5.82 Å². The Balaban J connectivity index is 2.71. The van der Waals surface area contributed by atoms with Gasteiger partial charge < -0.3 is 10.4 Å². The molecule has 1 rings (SSSR count). The van der Waals surface area contributed by atoms with Crippen LogP contribution in [-0.4, -0.2) is 23.5 Å². The number of carboxylic acids is 1. The molecule has 0 radical (unpaired) electrons. The Kier molecular flexibility index (Phi) is 5.89. The monoisotopic (exact) mass is 359 g/mol. The molecule has 4 nitrogen and oxygen atoms in total. The first-order valence-corrected chi connectivity index (χ1v) is 7.35. The number of halogens is 2. The molecule has 0 saturated heterocycles. The largest absolute Gasteiger partial charge is 0.481 e. The average molecular weight is 360 g/mol. The van der Waals surface area contributed by atoms with Crippen molar-refractivity contribution in [2.45, 2.75) is 27.2 Å². The van der Waals surface area contributed by atoms with E-state index in [9.17, 15) is 19.1 Å². The molecule has 1 aromatic carbocycles. The smallest absolute Gasteiger partial charge is 0.308 e. The van der Waals surface area contributed by atoms with Gasteiger partial charge in [-0.15, -0.1) is 0 Å². The number of amides is 1. The SMILES string of the molecule is CC(C)(C)CC(CNC(=O)c1ccc(Br)cc1F)C(=O)O. The maximum Gasteiger partial charge on any atom is 0.308 e. The van der Waals surface area contributed by atoms with Crippen LogP contribution in [0, 0.1) is 17.2 Å². The van der Waals surface area contributed by atoms with Crippen molar-refractivity contribution in [1.29, 1.82) is 0 Å². The lowest BCUT2D eigenvalue weighted by Gasteiger charge is -2.23. The molecule has 0 heterocycles. The van der Waals surface area contributed by atoms with Crippen molar-refractivity contribution in [2.24, 2.45) is 11.3 Å². The number of carboxylic acid groups (broad SMARTS) is 1. The highest BCUT2D eigenvalue weighted by Crippen LogP contribution is 2.24. The zero-order valence-electron chi connectivity index (χ0n) is 12.2. The molecule has 0 spiro atoms. The fourth-order valence-corrected chi connectivity index (χ4v) is 2.30. The molecule has 21 heavy (non-hydrogen) atoms. The third-order valence-electron chi connectivity index (χ3n) is 2.89. The van der Waals surface area contributed by atoms with Crippen molar-refractivity contribution >= 4 is 27.8 Å². The number of hydrogen-bond acceptors (Lipinski definition) is 2. The van der Waals surface area contributed by atoms with Gasteiger partial charge in [0, 0.05) is 11.0 Å². The molecule has 0 aliphatic rings. The van der Waals surface area contributed by atoms with E-state index in [1.807, 2.05) is 20.8 Å². The molecule has 116 valence electrons. The van der Waals surface area contributed by atoms with Gasteiger partial charge in [0.25, 0.3) is 5.91 Å². The number of carbonyl (C=O) groups excluding carboxylic acids is 1. The lowest BCUT2D eigenvalue weighted by molar-refractivity contribution is -0.142. The van der Waals surface area contributed by atoms with Crippen LogP contribution in [0.2, 0.25) is 0 Å². The van der Waals surface area contributed by atoms with E-state index in [-0.39, 0.29) is 17.5 Å². The van der Waals surface area contributed by atoms with E-state index in [4.69, 9.17) is 0 Å². The summed E-state index contributed by atoms with van der Waals surface area (Å²) in [6.07, 6.45) is 0.422. The molecule has 1 atom stereocenters. The summed E-state index contributed by atoms with van der Waals surface area (Å²) >= 11 is 3.11. The van der Waals surface area contributed by atoms with Crippen LogP contribution in [0.15, 0.2) is 22.7 Å². The van der Waals surface area contributed by atoms with E-state index in [1.54, 1.807) is 6.07 Å². The molecule has 1 amide bonds. The van der Waals surface area contributed by atoms with Gasteiger partial charge in [-0.1, -0.05) is 36.7 Å². The molecule has 0 aliphatic heterocycles. The Hall–Kier alpha value is -1.43. The van der Waals surface area contributed by atoms with Crippen molar-refractivity contribution in [3.8, 4) is 0 Å². The number of nitrogens with one attached hydrogen (secondary N) is 1. The Labute approximate surface area is 131 Å². The minimum atomic E-state index is -0.971. The van der Waals surface area contributed by atoms with Gasteiger partial charge in [-0.05, 0) is 30.0 Å². The Morgan fingerprint density at radius 1 is 1.38 bits per heavy atom. The number of rotatable bonds is 5. The number of carbonyl (C=O) groups is 2. The second-order valence-corrected chi connectivity index (χ2v) is 7.05. The standard InChI is InChI=1S/C15H19BrFNO3/c1-15(2,3)7-9(14(20)21)8-18-13(19)11-5-4-10(16)6-12(11)17/h4-6,9H,7-8H2,1-3H3,(H,18,19)(H,20,21). The molecule has 6 heteroatoms. The van der Waals surface area contributed by atoms with E-state index in [1.165, 1.54) is 12.1 Å². The fraction of sp³-hybridized carbons (Fsp3) is 0.467. The summed E-state index contributed by atoms with van der Waals surface area (Å²) in [5, 5.41) is 11.7. The summed E-state index contributed by atoms with van der Waals surface area (Å²) in [4.78, 5) is 23.1. The predicted molar refractivity (Wildman–Crippen MR) is 81.6 cm³/mol. The van der Waals surface area contributed by atoms with Crippen LogP contribution in [0.25, 0.3) is 0 Å². The summed E-state index contributed by atoms with van der Waals surface area (Å²) in [6.45, 7) is 5.76. The topological polar surface area (TPSA) is 66.4 Å². The number of hydrogen-bond donors (Lipinski definition) is 2. The summed E-state index contributed by atoms with van der Waals surface area (Å²) in [6, 6.07) is 4.11. The van der Waals surface area contributed by atoms with E-state index < -0.39 is 23.6 Å². The first-order chi connectivity index (χ1) is 9.60. The van der Waals surface area contributed by atoms with Crippen molar-refractivity contribution < 1.29 is 19.1 Å². The lowest BCUT2D eigenvalue weighted by Crippen LogP contribution is -2.35. The van der Waals surface area contributed by atoms with Crippen LogP contribution < -0.4 is 5.32 Å². The van der Waals surface area contributed by atoms with Crippen LogP contribution in [0.1, 0.15) is 37.6 Å². The van der Waals surface area contributed by atoms with Gasteiger partial charge in [-0.3, -0.25) is 9.59 Å². The van der Waals surface area contributed by atoms with Gasteiger partial charge in [0.15, 0.2) is 0 Å². The first kappa shape index (κ1) is 17.6. The second-order valence-electron chi connectivity index (χ2n) is 6.13. The lowest BCUT2D eigenvalue weighted by atomic mass is 9.84. The minimum absolute atomic E-state index is 0.0268. The summed E-state index contributed by atoms with van der Waals surface area (Å²) in [5.41, 5.74) is -0.269. The normalized spacial score (nSPS) is 12.8. The van der Waals surface area contributed by atoms with E-state index in [2.05, 4.69) is 21.2 Å². The molecule has 0 saturated carbocycles. The van der Waals surface area contributed by atoms with Gasteiger partial charge in [-0.25, -0.2) is 4.39 Å². The second kappa shape index (κ2) is 7.02. The maximum atomic E-state index is 13.6. The minimum Gasteiger partial charge on any atom is -0.481 e. The molecule has 1 unspecified atom stereocenters. The predicted octanol–water partition coefficient (Wildman–Crippen LogP) is 3.46. The third kappa shape index (κ3) is 5.83. The molecular weight excluding hydrogens is 341 g/mol. The zero-order chi connectivity index (χ0) is 16.2. The van der Waals surface area contributed by atoms with Crippen molar-refractivity contribution in [1.82, 2.24) is 5.32 Å². The molecule has 0 bridgehead atoms. The van der Waals surface area contributed by atoms with Gasteiger partial charge in [0.2, 0.25) is 0 Å². The van der Waals surface area contributed by atoms with Crippen LogP contribution in [0.5, 0.6) is 0 Å². The summed E-state index contributed by atoms with van der Waals surface area (Å²) < 4.78 is 14.2. The molecule has 2 N–H and O–H groups in total. The van der Waals surface area contributed by atoms with E-state index >= 15 is 0 Å². The number of aliphatic carboxylic acids is 1. The molecule has 1 aromatic rings. The Bertz CT molecular complexity index is 540. The summed E-state index contributed by atoms with van der Waals surface area (Å²) in [5.74, 6) is -2.93. The van der Waals surface area contributed by atoms with Crippen LogP contribution >= 0.6 is 15.9 Å². The molecule has 0 aromatic heterocycles. The molecular formula is C15H19BrFNO3. The molecule has 0 fully saturated rings. The van der Waals surface area contributed by atoms with E-state index in [0.29, 0.717) is 10.9 Å². The quantitative estimate of drug-likeness (QED) is 0.845. The highest BCUT2D eigenvalue weighted by Gasteiger charge is 2.25. The maximum absolute atomic E-state index is 13.6. The first-order valence-electron chi connectivity index (χ1n) is 6.56. The molecule has 0 aliphatic carbocycles. The van der Waals surface area contributed by atoms with Crippen LogP contribution in [-0.2, 0) is 4.79 Å². The van der Waals surface area contributed by atoms with Gasteiger partial charge >= 0.3 is 5.97 Å². The van der Waals surface area contributed by atoms with Crippen molar-refractivity contribution in [3.63, 3.8) is 0 Å². The van der Waals surface area contributed by atoms with Gasteiger partial charge in [0.05, 0.1) is 11.5 Å². The Morgan fingerprint density at radius 3 is 2.48 bits per heavy atom. The highest BCUT2D eigenvalue weighted by molar-refractivity contribution is 9.10. The van der Waals surface area contributed by atoms with Crippen molar-refractivity contribution in [3.05, 3.63) is 34.1 Å². The number of benzene rings is 1. The Morgan fingerprint density at radius 2 is 2.00 bits per heavy atom. The van der Waals surface area contributed by atoms with Crippen LogP contribution in [0.4, 0.5) is 4.39 Å². The zero-order valence-corrected chi connectivity index (χ0v) is 13.8. The third-order valence-corrected chi connectivity index (χ3v) is 3.39. The van der Waals surface area contributed by atoms with Crippen LogP contribution in [0.3, 0.4) is 0 Å². The summed E-state index contributed by atoms with van der Waals surface area (Å²) in [7, 11) is 0. The highest BCUT2D eigenvalue weighted by atomic mass is 79.9. The van der Waals surface area contributed by atoms with Crippen molar-refractivity contribution in [2.75, 3.05) is 6.54 Å². The fourth-order valence-electron chi connectivity index (χ4n) is 1.97. The average Bonchev–Trinajstić information content (AvgIpc) is 2.32.